The van der Waals surface area contributed by atoms with Crippen molar-refractivity contribution >= 4 is 11.6 Å². The van der Waals surface area contributed by atoms with Gasteiger partial charge < -0.3 is 11.1 Å². The SMILES string of the molecule is CCC1CCC(NC(=O)c2ccc(F)c(N)c2)C1C. The van der Waals surface area contributed by atoms with Crippen LogP contribution in [0.1, 0.15) is 43.5 Å². The minimum atomic E-state index is -0.489. The molecule has 4 heteroatoms. The molecule has 2 rings (SSSR count). The Morgan fingerprint density at radius 2 is 2.21 bits per heavy atom. The van der Waals surface area contributed by atoms with E-state index in [1.807, 2.05) is 0 Å². The van der Waals surface area contributed by atoms with Crippen LogP contribution in [0.3, 0.4) is 0 Å². The van der Waals surface area contributed by atoms with E-state index in [1.54, 1.807) is 0 Å². The van der Waals surface area contributed by atoms with Gasteiger partial charge in [-0.3, -0.25) is 4.79 Å². The highest BCUT2D eigenvalue weighted by Gasteiger charge is 2.32. The molecule has 3 nitrogen and oxygen atoms in total. The average Bonchev–Trinajstić information content (AvgIpc) is 2.73. The third-order valence-electron chi connectivity index (χ3n) is 4.33. The number of benzene rings is 1. The van der Waals surface area contributed by atoms with Crippen molar-refractivity contribution in [3.8, 4) is 0 Å². The lowest BCUT2D eigenvalue weighted by molar-refractivity contribution is 0.0926. The summed E-state index contributed by atoms with van der Waals surface area (Å²) in [6, 6.07) is 4.31. The summed E-state index contributed by atoms with van der Waals surface area (Å²) in [7, 11) is 0. The molecule has 0 aliphatic heterocycles. The molecule has 3 atom stereocenters. The first-order valence-electron chi connectivity index (χ1n) is 6.88. The van der Waals surface area contributed by atoms with Crippen molar-refractivity contribution in [2.45, 2.75) is 39.2 Å². The monoisotopic (exact) mass is 264 g/mol. The summed E-state index contributed by atoms with van der Waals surface area (Å²) in [4.78, 5) is 12.1. The molecule has 1 fully saturated rings. The van der Waals surface area contributed by atoms with E-state index < -0.39 is 5.82 Å². The van der Waals surface area contributed by atoms with Gasteiger partial charge in [0.15, 0.2) is 0 Å². The van der Waals surface area contributed by atoms with Crippen molar-refractivity contribution in [2.24, 2.45) is 11.8 Å². The van der Waals surface area contributed by atoms with E-state index in [4.69, 9.17) is 5.73 Å². The smallest absolute Gasteiger partial charge is 0.251 e. The summed E-state index contributed by atoms with van der Waals surface area (Å²) in [5.41, 5.74) is 5.92. The Kier molecular flexibility index (Phi) is 4.08. The molecule has 1 saturated carbocycles. The Labute approximate surface area is 113 Å². The van der Waals surface area contributed by atoms with Crippen LogP contribution in [-0.4, -0.2) is 11.9 Å². The van der Waals surface area contributed by atoms with E-state index in [1.165, 1.54) is 18.2 Å². The molecule has 0 aromatic heterocycles. The first kappa shape index (κ1) is 13.8. The van der Waals surface area contributed by atoms with Gasteiger partial charge in [0.2, 0.25) is 0 Å². The molecule has 3 N–H and O–H groups in total. The zero-order chi connectivity index (χ0) is 14.0. The highest BCUT2D eigenvalue weighted by atomic mass is 19.1. The Bertz CT molecular complexity index is 475. The molecule has 1 aromatic rings. The van der Waals surface area contributed by atoms with Gasteiger partial charge in [0, 0.05) is 11.6 Å². The minimum Gasteiger partial charge on any atom is -0.396 e. The van der Waals surface area contributed by atoms with Crippen molar-refractivity contribution in [3.63, 3.8) is 0 Å². The van der Waals surface area contributed by atoms with Crippen LogP contribution in [0.4, 0.5) is 10.1 Å². The molecule has 1 amide bonds. The van der Waals surface area contributed by atoms with Crippen molar-refractivity contribution in [3.05, 3.63) is 29.6 Å². The predicted octanol–water partition coefficient (Wildman–Crippen LogP) is 2.96. The highest BCUT2D eigenvalue weighted by molar-refractivity contribution is 5.95. The fourth-order valence-electron chi connectivity index (χ4n) is 2.96. The van der Waals surface area contributed by atoms with E-state index in [0.29, 0.717) is 17.4 Å². The largest absolute Gasteiger partial charge is 0.396 e. The summed E-state index contributed by atoms with van der Waals surface area (Å²) in [5, 5.41) is 3.04. The fraction of sp³-hybridized carbons (Fsp3) is 0.533. The van der Waals surface area contributed by atoms with Crippen LogP contribution in [0.15, 0.2) is 18.2 Å². The lowest BCUT2D eigenvalue weighted by Gasteiger charge is -2.21. The second kappa shape index (κ2) is 5.59. The number of amides is 1. The Morgan fingerprint density at radius 1 is 1.47 bits per heavy atom. The topological polar surface area (TPSA) is 55.1 Å². The maximum atomic E-state index is 13.1. The number of carbonyl (C=O) groups excluding carboxylic acids is 1. The maximum Gasteiger partial charge on any atom is 0.251 e. The van der Waals surface area contributed by atoms with Gasteiger partial charge in [0.1, 0.15) is 5.82 Å². The quantitative estimate of drug-likeness (QED) is 0.825. The number of halogens is 1. The van der Waals surface area contributed by atoms with Gasteiger partial charge in [-0.1, -0.05) is 20.3 Å². The van der Waals surface area contributed by atoms with E-state index in [-0.39, 0.29) is 17.6 Å². The number of carbonyl (C=O) groups is 1. The number of hydrogen-bond acceptors (Lipinski definition) is 2. The maximum absolute atomic E-state index is 13.1. The van der Waals surface area contributed by atoms with Crippen molar-refractivity contribution < 1.29 is 9.18 Å². The van der Waals surface area contributed by atoms with Gasteiger partial charge in [0.25, 0.3) is 5.91 Å². The molecule has 19 heavy (non-hydrogen) atoms. The lowest BCUT2D eigenvalue weighted by atomic mass is 9.93. The Morgan fingerprint density at radius 3 is 2.79 bits per heavy atom. The van der Waals surface area contributed by atoms with Gasteiger partial charge in [-0.15, -0.1) is 0 Å². The molecule has 0 spiro atoms. The molecule has 1 aliphatic rings. The van der Waals surface area contributed by atoms with Crippen LogP contribution in [0.25, 0.3) is 0 Å². The minimum absolute atomic E-state index is 0.0126. The summed E-state index contributed by atoms with van der Waals surface area (Å²) in [5.74, 6) is 0.521. The molecule has 0 heterocycles. The predicted molar refractivity (Wildman–Crippen MR) is 74.2 cm³/mol. The number of hydrogen-bond donors (Lipinski definition) is 2. The van der Waals surface area contributed by atoms with Gasteiger partial charge in [0.05, 0.1) is 5.69 Å². The molecule has 1 aliphatic carbocycles. The number of rotatable bonds is 3. The van der Waals surface area contributed by atoms with Gasteiger partial charge in [-0.25, -0.2) is 4.39 Å². The van der Waals surface area contributed by atoms with Crippen LogP contribution in [-0.2, 0) is 0 Å². The number of nitrogens with two attached hydrogens (primary N) is 1. The molecule has 1 aromatic carbocycles. The standard InChI is InChI=1S/C15H21FN2O/c1-3-10-5-7-14(9(10)2)18-15(19)11-4-6-12(16)13(17)8-11/h4,6,8-10,14H,3,5,7,17H2,1-2H3,(H,18,19). The summed E-state index contributed by atoms with van der Waals surface area (Å²) < 4.78 is 13.1. The fourth-order valence-corrected chi connectivity index (χ4v) is 2.96. The second-order valence-corrected chi connectivity index (χ2v) is 5.42. The molecule has 0 radical (unpaired) electrons. The van der Waals surface area contributed by atoms with Gasteiger partial charge in [-0.2, -0.15) is 0 Å². The number of nitrogens with one attached hydrogen (secondary N) is 1. The molecular formula is C15H21FN2O. The zero-order valence-electron chi connectivity index (χ0n) is 11.4. The van der Waals surface area contributed by atoms with E-state index in [9.17, 15) is 9.18 Å². The van der Waals surface area contributed by atoms with Crippen LogP contribution < -0.4 is 11.1 Å². The normalized spacial score (nSPS) is 26.4. The molecule has 0 bridgehead atoms. The molecular weight excluding hydrogens is 243 g/mol. The van der Waals surface area contributed by atoms with Crippen molar-refractivity contribution in [1.29, 1.82) is 0 Å². The number of nitrogen functional groups attached to an aromatic ring is 1. The molecule has 0 saturated heterocycles. The molecule has 3 unspecified atom stereocenters. The first-order chi connectivity index (χ1) is 9.02. The highest BCUT2D eigenvalue weighted by Crippen LogP contribution is 2.34. The lowest BCUT2D eigenvalue weighted by Crippen LogP contribution is -2.37. The van der Waals surface area contributed by atoms with Crippen LogP contribution in [0.5, 0.6) is 0 Å². The second-order valence-electron chi connectivity index (χ2n) is 5.42. The van der Waals surface area contributed by atoms with E-state index >= 15 is 0 Å². The average molecular weight is 264 g/mol. The van der Waals surface area contributed by atoms with Crippen molar-refractivity contribution in [2.75, 3.05) is 5.73 Å². The third-order valence-corrected chi connectivity index (χ3v) is 4.33. The molecule has 104 valence electrons. The van der Waals surface area contributed by atoms with Crippen LogP contribution in [0, 0.1) is 17.7 Å². The summed E-state index contributed by atoms with van der Waals surface area (Å²) in [6.07, 6.45) is 3.33. The van der Waals surface area contributed by atoms with Gasteiger partial charge >= 0.3 is 0 Å². The van der Waals surface area contributed by atoms with E-state index in [2.05, 4.69) is 19.2 Å². The number of anilines is 1. The zero-order valence-corrected chi connectivity index (χ0v) is 11.4. The van der Waals surface area contributed by atoms with E-state index in [0.717, 1.165) is 19.3 Å². The van der Waals surface area contributed by atoms with Gasteiger partial charge in [-0.05, 0) is 42.9 Å². The Hall–Kier alpha value is -1.58. The van der Waals surface area contributed by atoms with Crippen LogP contribution in [0.2, 0.25) is 0 Å². The van der Waals surface area contributed by atoms with Crippen molar-refractivity contribution in [1.82, 2.24) is 5.32 Å². The summed E-state index contributed by atoms with van der Waals surface area (Å²) in [6.45, 7) is 4.37. The summed E-state index contributed by atoms with van der Waals surface area (Å²) >= 11 is 0. The third kappa shape index (κ3) is 2.88. The Balaban J connectivity index is 2.03. The van der Waals surface area contributed by atoms with Crippen LogP contribution >= 0.6 is 0 Å². The first-order valence-corrected chi connectivity index (χ1v) is 6.88.